The van der Waals surface area contributed by atoms with Gasteiger partial charge in [0.15, 0.2) is 0 Å². The van der Waals surface area contributed by atoms with Gasteiger partial charge in [-0.3, -0.25) is 0 Å². The largest absolute Gasteiger partial charge is 0.497 e. The van der Waals surface area contributed by atoms with Gasteiger partial charge in [-0.2, -0.15) is 5.26 Å². The third kappa shape index (κ3) is 3.24. The SMILES string of the molecule is COc1cccc(COC2CCCCC2C#N)c1. The Balaban J connectivity index is 1.91. The zero-order chi connectivity index (χ0) is 12.8. The van der Waals surface area contributed by atoms with Gasteiger partial charge in [-0.05, 0) is 30.5 Å². The third-order valence-corrected chi connectivity index (χ3v) is 3.47. The van der Waals surface area contributed by atoms with Gasteiger partial charge in [0.25, 0.3) is 0 Å². The third-order valence-electron chi connectivity index (χ3n) is 3.47. The van der Waals surface area contributed by atoms with E-state index in [1.54, 1.807) is 7.11 Å². The van der Waals surface area contributed by atoms with Crippen molar-refractivity contribution in [3.63, 3.8) is 0 Å². The molecule has 0 N–H and O–H groups in total. The van der Waals surface area contributed by atoms with Crippen molar-refractivity contribution in [2.24, 2.45) is 5.92 Å². The first-order valence-electron chi connectivity index (χ1n) is 6.47. The summed E-state index contributed by atoms with van der Waals surface area (Å²) >= 11 is 0. The van der Waals surface area contributed by atoms with Gasteiger partial charge < -0.3 is 9.47 Å². The Morgan fingerprint density at radius 3 is 2.94 bits per heavy atom. The van der Waals surface area contributed by atoms with Crippen LogP contribution in [-0.4, -0.2) is 13.2 Å². The summed E-state index contributed by atoms with van der Waals surface area (Å²) in [6, 6.07) is 10.2. The lowest BCUT2D eigenvalue weighted by Crippen LogP contribution is -2.26. The van der Waals surface area contributed by atoms with E-state index in [2.05, 4.69) is 6.07 Å². The molecule has 0 aliphatic heterocycles. The molecular formula is C15H19NO2. The lowest BCUT2D eigenvalue weighted by Gasteiger charge is -2.26. The molecule has 1 aromatic carbocycles. The van der Waals surface area contributed by atoms with Crippen LogP contribution in [0.1, 0.15) is 31.2 Å². The summed E-state index contributed by atoms with van der Waals surface area (Å²) in [5.74, 6) is 0.904. The van der Waals surface area contributed by atoms with Crippen LogP contribution in [0.3, 0.4) is 0 Å². The second kappa shape index (κ2) is 6.42. The quantitative estimate of drug-likeness (QED) is 0.817. The number of hydrogen-bond donors (Lipinski definition) is 0. The smallest absolute Gasteiger partial charge is 0.119 e. The standard InChI is InChI=1S/C15H19NO2/c1-17-14-7-4-5-12(9-14)11-18-15-8-3-2-6-13(15)10-16/h4-5,7,9,13,15H,2-3,6,8,11H2,1H3. The Bertz CT molecular complexity index is 425. The van der Waals surface area contributed by atoms with Crippen LogP contribution in [0.15, 0.2) is 24.3 Å². The first kappa shape index (κ1) is 12.9. The fourth-order valence-electron chi connectivity index (χ4n) is 2.41. The summed E-state index contributed by atoms with van der Waals surface area (Å²) < 4.78 is 11.1. The molecule has 3 nitrogen and oxygen atoms in total. The number of hydrogen-bond acceptors (Lipinski definition) is 3. The molecule has 2 atom stereocenters. The lowest BCUT2D eigenvalue weighted by atomic mass is 9.87. The number of nitriles is 1. The normalized spacial score (nSPS) is 23.3. The Labute approximate surface area is 108 Å². The summed E-state index contributed by atoms with van der Waals surface area (Å²) in [5.41, 5.74) is 1.09. The monoisotopic (exact) mass is 245 g/mol. The van der Waals surface area contributed by atoms with Gasteiger partial charge >= 0.3 is 0 Å². The van der Waals surface area contributed by atoms with Crippen molar-refractivity contribution in [2.45, 2.75) is 38.4 Å². The Morgan fingerprint density at radius 2 is 2.17 bits per heavy atom. The van der Waals surface area contributed by atoms with Crippen LogP contribution in [0.4, 0.5) is 0 Å². The molecule has 0 aromatic heterocycles. The highest BCUT2D eigenvalue weighted by Crippen LogP contribution is 2.27. The molecule has 1 aliphatic carbocycles. The first-order valence-corrected chi connectivity index (χ1v) is 6.47. The molecule has 1 saturated carbocycles. The van der Waals surface area contributed by atoms with E-state index in [4.69, 9.17) is 14.7 Å². The Hall–Kier alpha value is -1.53. The predicted octanol–water partition coefficient (Wildman–Crippen LogP) is 3.29. The molecular weight excluding hydrogens is 226 g/mol. The van der Waals surface area contributed by atoms with Gasteiger partial charge in [0.2, 0.25) is 0 Å². The fourth-order valence-corrected chi connectivity index (χ4v) is 2.41. The van der Waals surface area contributed by atoms with Crippen LogP contribution in [-0.2, 0) is 11.3 Å². The molecule has 18 heavy (non-hydrogen) atoms. The Morgan fingerprint density at radius 1 is 1.33 bits per heavy atom. The average Bonchev–Trinajstić information content (AvgIpc) is 2.45. The van der Waals surface area contributed by atoms with Crippen molar-refractivity contribution in [3.05, 3.63) is 29.8 Å². The minimum Gasteiger partial charge on any atom is -0.497 e. The van der Waals surface area contributed by atoms with Gasteiger partial charge in [0.1, 0.15) is 5.75 Å². The van der Waals surface area contributed by atoms with Gasteiger partial charge in [0, 0.05) is 0 Å². The van der Waals surface area contributed by atoms with Crippen molar-refractivity contribution in [1.82, 2.24) is 0 Å². The van der Waals surface area contributed by atoms with Crippen molar-refractivity contribution in [3.8, 4) is 11.8 Å². The second-order valence-electron chi connectivity index (χ2n) is 4.72. The zero-order valence-electron chi connectivity index (χ0n) is 10.8. The number of ether oxygens (including phenoxy) is 2. The maximum atomic E-state index is 9.09. The van der Waals surface area contributed by atoms with Crippen molar-refractivity contribution >= 4 is 0 Å². The topological polar surface area (TPSA) is 42.2 Å². The van der Waals surface area contributed by atoms with E-state index >= 15 is 0 Å². The maximum absolute atomic E-state index is 9.09. The summed E-state index contributed by atoms with van der Waals surface area (Å²) in [6.07, 6.45) is 4.38. The molecule has 0 spiro atoms. The highest BCUT2D eigenvalue weighted by Gasteiger charge is 2.25. The minimum absolute atomic E-state index is 0.0596. The van der Waals surface area contributed by atoms with E-state index in [1.165, 1.54) is 6.42 Å². The average molecular weight is 245 g/mol. The predicted molar refractivity (Wildman–Crippen MR) is 69.1 cm³/mol. The van der Waals surface area contributed by atoms with Crippen molar-refractivity contribution < 1.29 is 9.47 Å². The molecule has 1 aliphatic rings. The van der Waals surface area contributed by atoms with Gasteiger partial charge in [-0.15, -0.1) is 0 Å². The van der Waals surface area contributed by atoms with Crippen LogP contribution in [0.2, 0.25) is 0 Å². The van der Waals surface area contributed by atoms with E-state index < -0.39 is 0 Å². The first-order chi connectivity index (χ1) is 8.83. The lowest BCUT2D eigenvalue weighted by molar-refractivity contribution is -0.00496. The molecule has 0 radical (unpaired) electrons. The van der Waals surface area contributed by atoms with Crippen LogP contribution >= 0.6 is 0 Å². The molecule has 0 heterocycles. The van der Waals surface area contributed by atoms with E-state index in [0.717, 1.165) is 30.6 Å². The molecule has 2 rings (SSSR count). The van der Waals surface area contributed by atoms with E-state index in [-0.39, 0.29) is 12.0 Å². The summed E-state index contributed by atoms with van der Waals surface area (Å²) in [6.45, 7) is 0.556. The molecule has 1 fully saturated rings. The number of benzene rings is 1. The van der Waals surface area contributed by atoms with Crippen molar-refractivity contribution in [1.29, 1.82) is 5.26 Å². The minimum atomic E-state index is 0.0596. The highest BCUT2D eigenvalue weighted by atomic mass is 16.5. The molecule has 1 aromatic rings. The van der Waals surface area contributed by atoms with E-state index in [0.29, 0.717) is 6.61 Å². The van der Waals surface area contributed by atoms with Crippen LogP contribution in [0.25, 0.3) is 0 Å². The van der Waals surface area contributed by atoms with Gasteiger partial charge in [-0.25, -0.2) is 0 Å². The summed E-state index contributed by atoms with van der Waals surface area (Å²) in [7, 11) is 1.66. The number of methoxy groups -OCH3 is 1. The van der Waals surface area contributed by atoms with Crippen molar-refractivity contribution in [2.75, 3.05) is 7.11 Å². The Kier molecular flexibility index (Phi) is 4.60. The van der Waals surface area contributed by atoms with Crippen LogP contribution < -0.4 is 4.74 Å². The van der Waals surface area contributed by atoms with E-state index in [1.807, 2.05) is 24.3 Å². The highest BCUT2D eigenvalue weighted by molar-refractivity contribution is 5.27. The molecule has 2 unspecified atom stereocenters. The number of nitrogens with zero attached hydrogens (tertiary/aromatic N) is 1. The molecule has 0 saturated heterocycles. The molecule has 3 heteroatoms. The second-order valence-corrected chi connectivity index (χ2v) is 4.72. The fraction of sp³-hybridized carbons (Fsp3) is 0.533. The zero-order valence-corrected chi connectivity index (χ0v) is 10.8. The van der Waals surface area contributed by atoms with Crippen LogP contribution in [0, 0.1) is 17.2 Å². The number of rotatable bonds is 4. The van der Waals surface area contributed by atoms with Gasteiger partial charge in [0.05, 0.1) is 31.8 Å². The molecule has 0 bridgehead atoms. The van der Waals surface area contributed by atoms with Gasteiger partial charge in [-0.1, -0.05) is 25.0 Å². The van der Waals surface area contributed by atoms with Crippen LogP contribution in [0.5, 0.6) is 5.75 Å². The maximum Gasteiger partial charge on any atom is 0.119 e. The summed E-state index contributed by atoms with van der Waals surface area (Å²) in [5, 5.41) is 9.09. The van der Waals surface area contributed by atoms with E-state index in [9.17, 15) is 0 Å². The molecule has 96 valence electrons. The molecule has 0 amide bonds. The summed E-state index contributed by atoms with van der Waals surface area (Å²) in [4.78, 5) is 0.